The van der Waals surface area contributed by atoms with Gasteiger partial charge in [-0.15, -0.1) is 0 Å². The van der Waals surface area contributed by atoms with E-state index in [0.29, 0.717) is 11.4 Å². The molecule has 26 nitrogen and oxygen atoms in total. The minimum Gasteiger partial charge on any atom is -0.480 e. The number of benzene rings is 1. The number of nitrogens with zero attached hydrogens (tertiary/aromatic N) is 7. The maximum absolute atomic E-state index is 13.8. The SMILES string of the molecule is Nc1nc2ncc(CNc3ccc(C(=O)NC(CCC(=O)NC(CO)COP(=O)(O)OCC4OC(n5cnc6c(N)nc(F)nc65)[C@@H](O)C4O)C(=O)O)cc3)nc2c(=O)[nH]1. The van der Waals surface area contributed by atoms with Gasteiger partial charge in [-0.1, -0.05) is 0 Å². The van der Waals surface area contributed by atoms with Crippen LogP contribution >= 0.6 is 7.82 Å². The highest BCUT2D eigenvalue weighted by atomic mass is 31.2. The summed E-state index contributed by atoms with van der Waals surface area (Å²) in [6.45, 7) is -2.21. The van der Waals surface area contributed by atoms with Crippen LogP contribution in [0.4, 0.5) is 21.8 Å². The van der Waals surface area contributed by atoms with Gasteiger partial charge in [0.05, 0.1) is 50.6 Å². The lowest BCUT2D eigenvalue weighted by atomic mass is 10.1. The summed E-state index contributed by atoms with van der Waals surface area (Å²) in [6.07, 6.45) is -5.67. The van der Waals surface area contributed by atoms with Crippen molar-refractivity contribution in [2.45, 2.75) is 56.0 Å². The van der Waals surface area contributed by atoms with Crippen molar-refractivity contribution in [3.8, 4) is 0 Å². The van der Waals surface area contributed by atoms with Gasteiger partial charge in [-0.3, -0.25) is 33.0 Å². The van der Waals surface area contributed by atoms with Crippen molar-refractivity contribution >= 4 is 65.4 Å². The number of H-pyrrole nitrogens is 1. The summed E-state index contributed by atoms with van der Waals surface area (Å²) in [4.78, 5) is 85.2. The third-order valence-corrected chi connectivity index (χ3v) is 9.78. The Morgan fingerprint density at radius 3 is 2.50 bits per heavy atom. The van der Waals surface area contributed by atoms with E-state index in [-0.39, 0.29) is 52.6 Å². The van der Waals surface area contributed by atoms with E-state index >= 15 is 0 Å². The summed E-state index contributed by atoms with van der Waals surface area (Å²) in [5.74, 6) is -3.39. The van der Waals surface area contributed by atoms with Crippen molar-refractivity contribution in [2.24, 2.45) is 0 Å². The second kappa shape index (κ2) is 18.3. The first kappa shape index (κ1) is 43.3. The van der Waals surface area contributed by atoms with E-state index in [1.807, 2.05) is 0 Å². The molecule has 6 rings (SSSR count). The number of aromatic nitrogens is 8. The van der Waals surface area contributed by atoms with Crippen LogP contribution in [0.5, 0.6) is 0 Å². The number of hydrogen-bond acceptors (Lipinski definition) is 20. The third kappa shape index (κ3) is 10.3. The van der Waals surface area contributed by atoms with Crippen LogP contribution in [-0.4, -0.2) is 133 Å². The van der Waals surface area contributed by atoms with Crippen molar-refractivity contribution in [3.05, 3.63) is 64.5 Å². The van der Waals surface area contributed by atoms with Gasteiger partial charge in [-0.05, 0) is 30.7 Å². The number of nitrogen functional groups attached to an aromatic ring is 2. The number of anilines is 3. The van der Waals surface area contributed by atoms with Crippen LogP contribution in [0.1, 0.15) is 35.1 Å². The molecule has 2 amide bonds. The van der Waals surface area contributed by atoms with Gasteiger partial charge in [0, 0.05) is 17.7 Å². The number of nitrogens with one attached hydrogen (secondary N) is 4. The molecule has 0 bridgehead atoms. The molecule has 4 aromatic heterocycles. The Bertz CT molecular complexity index is 2490. The number of amides is 2. The third-order valence-electron chi connectivity index (χ3n) is 8.83. The predicted molar refractivity (Wildman–Crippen MR) is 201 cm³/mol. The normalized spacial score (nSPS) is 19.8. The summed E-state index contributed by atoms with van der Waals surface area (Å²) in [6, 6.07) is 3.14. The van der Waals surface area contributed by atoms with E-state index in [0.717, 1.165) is 10.9 Å². The van der Waals surface area contributed by atoms with Crippen molar-refractivity contribution in [2.75, 3.05) is 36.6 Å². The molecule has 1 saturated heterocycles. The number of fused-ring (bicyclic) bond motifs is 2. The summed E-state index contributed by atoms with van der Waals surface area (Å²) >= 11 is 0. The molecule has 1 fully saturated rings. The number of aliphatic hydroxyl groups is 3. The lowest BCUT2D eigenvalue weighted by Crippen LogP contribution is -2.44. The quantitative estimate of drug-likeness (QED) is 0.0325. The summed E-state index contributed by atoms with van der Waals surface area (Å²) in [5.41, 5.74) is 11.6. The number of phosphoric acid groups is 1. The molecule has 7 atom stereocenters. The highest BCUT2D eigenvalue weighted by molar-refractivity contribution is 7.47. The number of carboxylic acids is 1. The molecule has 13 N–H and O–H groups in total. The first-order valence-electron chi connectivity index (χ1n) is 17.6. The molecule has 6 unspecified atom stereocenters. The maximum Gasteiger partial charge on any atom is 0.472 e. The Morgan fingerprint density at radius 2 is 1.78 bits per heavy atom. The van der Waals surface area contributed by atoms with E-state index in [4.69, 9.17) is 25.3 Å². The lowest BCUT2D eigenvalue weighted by Gasteiger charge is -2.21. The number of aromatic amines is 1. The number of phosphoric ester groups is 1. The van der Waals surface area contributed by atoms with Gasteiger partial charge in [0.25, 0.3) is 11.5 Å². The number of carbonyl (C=O) groups is 3. The fraction of sp³-hybridized carbons (Fsp3) is 0.375. The molecule has 60 heavy (non-hydrogen) atoms. The Morgan fingerprint density at radius 1 is 1.03 bits per heavy atom. The van der Waals surface area contributed by atoms with Gasteiger partial charge in [0.15, 0.2) is 34.4 Å². The minimum absolute atomic E-state index is 0.00233. The molecule has 0 radical (unpaired) electrons. The molecule has 0 saturated carbocycles. The van der Waals surface area contributed by atoms with E-state index in [9.17, 15) is 53.5 Å². The van der Waals surface area contributed by atoms with Crippen molar-refractivity contribution in [3.63, 3.8) is 0 Å². The largest absolute Gasteiger partial charge is 0.480 e. The number of imidazole rings is 1. The number of carboxylic acid groups (broad SMARTS) is 1. The Kier molecular flexibility index (Phi) is 13.2. The van der Waals surface area contributed by atoms with Gasteiger partial charge < -0.3 is 57.5 Å². The molecule has 28 heteroatoms. The summed E-state index contributed by atoms with van der Waals surface area (Å²) < 4.78 is 42.8. The van der Waals surface area contributed by atoms with Crippen molar-refractivity contribution in [1.29, 1.82) is 0 Å². The van der Waals surface area contributed by atoms with E-state index in [1.165, 1.54) is 18.3 Å². The predicted octanol–water partition coefficient (Wildman–Crippen LogP) is -2.34. The average Bonchev–Trinajstić information content (AvgIpc) is 3.75. The highest BCUT2D eigenvalue weighted by Gasteiger charge is 2.45. The molecule has 1 aromatic carbocycles. The zero-order valence-corrected chi connectivity index (χ0v) is 31.7. The molecule has 5 aromatic rings. The Balaban J connectivity index is 0.934. The summed E-state index contributed by atoms with van der Waals surface area (Å²) in [7, 11) is -4.95. The maximum atomic E-state index is 13.8. The number of nitrogens with two attached hydrogens (primary N) is 2. The fourth-order valence-electron chi connectivity index (χ4n) is 5.79. The van der Waals surface area contributed by atoms with Crippen LogP contribution < -0.4 is 33.0 Å². The number of aliphatic carboxylic acids is 1. The molecule has 0 aliphatic carbocycles. The van der Waals surface area contributed by atoms with Crippen LogP contribution in [-0.2, 0) is 34.5 Å². The first-order chi connectivity index (χ1) is 28.5. The van der Waals surface area contributed by atoms with E-state index < -0.39 is 100 Å². The smallest absolute Gasteiger partial charge is 0.472 e. The van der Waals surface area contributed by atoms with Crippen LogP contribution in [0, 0.1) is 6.08 Å². The van der Waals surface area contributed by atoms with Gasteiger partial charge >= 0.3 is 19.9 Å². The van der Waals surface area contributed by atoms with Crippen molar-refractivity contribution in [1.82, 2.24) is 50.1 Å². The molecule has 5 heterocycles. The summed E-state index contributed by atoms with van der Waals surface area (Å²) in [5, 5.41) is 48.2. The molecular formula is C32H37FN13O13P. The average molecular weight is 862 g/mol. The second-order valence-corrected chi connectivity index (χ2v) is 14.5. The molecule has 320 valence electrons. The van der Waals surface area contributed by atoms with Crippen LogP contribution in [0.25, 0.3) is 22.3 Å². The zero-order valence-electron chi connectivity index (χ0n) is 30.8. The van der Waals surface area contributed by atoms with Crippen LogP contribution in [0.3, 0.4) is 0 Å². The van der Waals surface area contributed by atoms with Gasteiger partial charge in [0.1, 0.15) is 24.4 Å². The topological polar surface area (TPSA) is 400 Å². The molecule has 0 spiro atoms. The number of hydrogen-bond donors (Lipinski definition) is 11. The fourth-order valence-corrected chi connectivity index (χ4v) is 6.56. The van der Waals surface area contributed by atoms with E-state index in [2.05, 4.69) is 50.8 Å². The number of rotatable bonds is 18. The number of ether oxygens (including phenoxy) is 1. The minimum atomic E-state index is -4.95. The molecule has 1 aliphatic rings. The second-order valence-electron chi connectivity index (χ2n) is 13.1. The monoisotopic (exact) mass is 861 g/mol. The Labute approximate surface area is 334 Å². The first-order valence-corrected chi connectivity index (χ1v) is 19.1. The van der Waals surface area contributed by atoms with Gasteiger partial charge in [-0.2, -0.15) is 19.3 Å². The zero-order chi connectivity index (χ0) is 43.3. The molecule has 1 aliphatic heterocycles. The van der Waals surface area contributed by atoms with Gasteiger partial charge in [0.2, 0.25) is 11.9 Å². The highest BCUT2D eigenvalue weighted by Crippen LogP contribution is 2.44. The Hall–Kier alpha value is -6.32. The van der Waals surface area contributed by atoms with Gasteiger partial charge in [-0.25, -0.2) is 24.3 Å². The van der Waals surface area contributed by atoms with E-state index in [1.54, 1.807) is 12.1 Å². The van der Waals surface area contributed by atoms with Crippen LogP contribution in [0.15, 0.2) is 41.6 Å². The number of halogens is 1. The number of aliphatic hydroxyl groups excluding tert-OH is 3. The van der Waals surface area contributed by atoms with Crippen LogP contribution in [0.2, 0.25) is 0 Å². The molecular weight excluding hydrogens is 824 g/mol. The van der Waals surface area contributed by atoms with Crippen molar-refractivity contribution < 1.29 is 62.4 Å². The standard InChI is InChI=1S/C32H37FN13O13P/c33-31-42-24(34)20-26(44-31)46(12-38-20)29-23(50)22(49)18(59-29)11-58-60(55,56)57-10-16(9-47)39-19(48)6-5-17(30(53)54)41-27(51)13-1-3-14(4-2-13)36-7-15-8-37-25-21(40-15)28(52)45-32(35)43-25/h1-4,8,12,16-18,22-23,29,36,47,49-50H,5-7,9-11H2,(H,39,48)(H,41,51)(H,53,54)(H,55,56)(H2,34,42,44)(H3,35,37,43,45,52)/t16?,17?,18?,22?,23-,29?/m0/s1. The number of carbonyl (C=O) groups excluding carboxylic acids is 2. The lowest BCUT2D eigenvalue weighted by molar-refractivity contribution is -0.139.